The molecule has 2 aromatic carbocycles. The van der Waals surface area contributed by atoms with E-state index in [1.54, 1.807) is 6.20 Å². The van der Waals surface area contributed by atoms with E-state index < -0.39 is 6.10 Å². The quantitative estimate of drug-likeness (QED) is 0.490. The molecule has 29 heavy (non-hydrogen) atoms. The maximum atomic E-state index is 12.2. The molecule has 1 aromatic heterocycles. The monoisotopic (exact) mass is 389 g/mol. The van der Waals surface area contributed by atoms with Gasteiger partial charge in [-0.15, -0.1) is 0 Å². The van der Waals surface area contributed by atoms with Gasteiger partial charge in [0.1, 0.15) is 0 Å². The maximum Gasteiger partial charge on any atom is 0.230 e. The second kappa shape index (κ2) is 10.5. The molecule has 3 N–H and O–H groups in total. The second-order valence-electron chi connectivity index (χ2n) is 7.13. The summed E-state index contributed by atoms with van der Waals surface area (Å²) in [6.45, 7) is 3.26. The Bertz CT molecular complexity index is 894. The van der Waals surface area contributed by atoms with E-state index >= 15 is 0 Å². The van der Waals surface area contributed by atoms with E-state index in [2.05, 4.69) is 15.6 Å². The van der Waals surface area contributed by atoms with Gasteiger partial charge in [-0.2, -0.15) is 0 Å². The van der Waals surface area contributed by atoms with Gasteiger partial charge < -0.3 is 15.7 Å². The number of aliphatic hydroxyl groups excluding tert-OH is 1. The van der Waals surface area contributed by atoms with Gasteiger partial charge in [-0.3, -0.25) is 9.78 Å². The molecule has 1 amide bonds. The molecule has 0 aliphatic heterocycles. The van der Waals surface area contributed by atoms with Crippen LogP contribution in [0.1, 0.15) is 28.5 Å². The zero-order chi connectivity index (χ0) is 20.5. The fourth-order valence-electron chi connectivity index (χ4n) is 2.99. The summed E-state index contributed by atoms with van der Waals surface area (Å²) in [5.74, 6) is -0.0781. The van der Waals surface area contributed by atoms with Crippen LogP contribution in [0.15, 0.2) is 72.9 Å². The minimum atomic E-state index is -0.503. The highest BCUT2D eigenvalue weighted by molar-refractivity contribution is 5.92. The van der Waals surface area contributed by atoms with Crippen molar-refractivity contribution in [3.63, 3.8) is 0 Å². The van der Waals surface area contributed by atoms with E-state index in [9.17, 15) is 9.90 Å². The van der Waals surface area contributed by atoms with Crippen LogP contribution >= 0.6 is 0 Å². The van der Waals surface area contributed by atoms with Gasteiger partial charge >= 0.3 is 0 Å². The predicted molar refractivity (Wildman–Crippen MR) is 116 cm³/mol. The number of hydrogen-bond donors (Lipinski definition) is 3. The zero-order valence-corrected chi connectivity index (χ0v) is 16.6. The highest BCUT2D eigenvalue weighted by atomic mass is 16.3. The van der Waals surface area contributed by atoms with E-state index in [-0.39, 0.29) is 12.3 Å². The lowest BCUT2D eigenvalue weighted by Crippen LogP contribution is -2.23. The van der Waals surface area contributed by atoms with E-state index in [0.717, 1.165) is 35.5 Å². The van der Waals surface area contributed by atoms with Crippen molar-refractivity contribution in [3.05, 3.63) is 95.3 Å². The topological polar surface area (TPSA) is 74.2 Å². The van der Waals surface area contributed by atoms with Gasteiger partial charge in [0, 0.05) is 24.1 Å². The first-order valence-corrected chi connectivity index (χ1v) is 9.84. The Morgan fingerprint density at radius 2 is 1.79 bits per heavy atom. The summed E-state index contributed by atoms with van der Waals surface area (Å²) >= 11 is 0. The molecule has 0 saturated heterocycles. The highest BCUT2D eigenvalue weighted by Crippen LogP contribution is 2.12. The molecule has 0 radical (unpaired) electrons. The Hall–Kier alpha value is -3.02. The minimum absolute atomic E-state index is 0.0781. The molecule has 0 saturated carbocycles. The maximum absolute atomic E-state index is 12.2. The lowest BCUT2D eigenvalue weighted by atomic mass is 10.1. The number of carbonyl (C=O) groups is 1. The molecule has 0 bridgehead atoms. The van der Waals surface area contributed by atoms with Crippen LogP contribution in [0.5, 0.6) is 0 Å². The van der Waals surface area contributed by atoms with Crippen LogP contribution in [0.4, 0.5) is 5.69 Å². The van der Waals surface area contributed by atoms with Crippen LogP contribution in [0.2, 0.25) is 0 Å². The third-order valence-electron chi connectivity index (χ3n) is 4.66. The van der Waals surface area contributed by atoms with Gasteiger partial charge in [-0.1, -0.05) is 48.5 Å². The molecule has 0 aliphatic carbocycles. The number of anilines is 1. The van der Waals surface area contributed by atoms with Crippen molar-refractivity contribution in [2.45, 2.75) is 25.9 Å². The van der Waals surface area contributed by atoms with Crippen LogP contribution in [0.25, 0.3) is 0 Å². The van der Waals surface area contributed by atoms with Crippen LogP contribution in [-0.4, -0.2) is 29.1 Å². The van der Waals surface area contributed by atoms with Gasteiger partial charge in [0.05, 0.1) is 12.5 Å². The number of benzene rings is 2. The average Bonchev–Trinajstić information content (AvgIpc) is 2.74. The summed E-state index contributed by atoms with van der Waals surface area (Å²) in [4.78, 5) is 16.4. The summed E-state index contributed by atoms with van der Waals surface area (Å²) in [5, 5.41) is 16.3. The Kier molecular flexibility index (Phi) is 7.50. The van der Waals surface area contributed by atoms with Gasteiger partial charge in [-0.05, 0) is 54.8 Å². The molecule has 1 heterocycles. The second-order valence-corrected chi connectivity index (χ2v) is 7.13. The number of pyridine rings is 1. The van der Waals surface area contributed by atoms with Crippen molar-refractivity contribution in [1.82, 2.24) is 10.3 Å². The summed E-state index contributed by atoms with van der Waals surface area (Å²) in [6, 6.07) is 21.3. The normalized spacial score (nSPS) is 11.8. The molecular formula is C24H27N3O2. The summed E-state index contributed by atoms with van der Waals surface area (Å²) < 4.78 is 0. The van der Waals surface area contributed by atoms with E-state index in [1.807, 2.05) is 73.7 Å². The molecule has 0 spiro atoms. The van der Waals surface area contributed by atoms with E-state index in [4.69, 9.17) is 0 Å². The van der Waals surface area contributed by atoms with Crippen molar-refractivity contribution in [1.29, 1.82) is 0 Å². The Balaban J connectivity index is 1.39. The fourth-order valence-corrected chi connectivity index (χ4v) is 2.99. The number of aromatic nitrogens is 1. The first-order chi connectivity index (χ1) is 14.1. The van der Waals surface area contributed by atoms with Gasteiger partial charge in [-0.25, -0.2) is 0 Å². The number of hydrogen-bond acceptors (Lipinski definition) is 4. The molecule has 5 nitrogen and oxygen atoms in total. The van der Waals surface area contributed by atoms with Crippen LogP contribution in [-0.2, 0) is 17.6 Å². The number of aryl methyl sites for hydroxylation is 1. The van der Waals surface area contributed by atoms with Crippen molar-refractivity contribution >= 4 is 11.6 Å². The largest absolute Gasteiger partial charge is 0.387 e. The number of nitrogens with zero attached hydrogens (tertiary/aromatic N) is 1. The van der Waals surface area contributed by atoms with Gasteiger partial charge in [0.15, 0.2) is 0 Å². The van der Waals surface area contributed by atoms with E-state index in [1.165, 1.54) is 5.56 Å². The Morgan fingerprint density at radius 3 is 2.48 bits per heavy atom. The summed E-state index contributed by atoms with van der Waals surface area (Å²) in [7, 11) is 0. The number of nitrogens with one attached hydrogen (secondary N) is 2. The van der Waals surface area contributed by atoms with Crippen molar-refractivity contribution in [3.8, 4) is 0 Å². The minimum Gasteiger partial charge on any atom is -0.387 e. The lowest BCUT2D eigenvalue weighted by molar-refractivity contribution is -0.115. The SMILES string of the molecule is Cc1ccc(CC(=O)Nc2ccc(CCNC[C@H](O)c3ccccc3)cc2)nc1. The van der Waals surface area contributed by atoms with Crippen LogP contribution in [0.3, 0.4) is 0 Å². The molecule has 150 valence electrons. The van der Waals surface area contributed by atoms with Crippen LogP contribution < -0.4 is 10.6 Å². The molecule has 3 aromatic rings. The standard InChI is InChI=1S/C24H27N3O2/c1-18-7-10-22(26-16-18)15-24(29)27-21-11-8-19(9-12-21)13-14-25-17-23(28)20-5-3-2-4-6-20/h2-12,16,23,25,28H,13-15,17H2,1H3,(H,27,29)/t23-/m0/s1. The average molecular weight is 389 g/mol. The van der Waals surface area contributed by atoms with Gasteiger partial charge in [0.25, 0.3) is 0 Å². The van der Waals surface area contributed by atoms with Crippen molar-refractivity contribution in [2.75, 3.05) is 18.4 Å². The van der Waals surface area contributed by atoms with Crippen LogP contribution in [0, 0.1) is 6.92 Å². The number of aliphatic hydroxyl groups is 1. The molecule has 0 unspecified atom stereocenters. The van der Waals surface area contributed by atoms with Crippen molar-refractivity contribution < 1.29 is 9.90 Å². The third kappa shape index (κ3) is 6.82. The van der Waals surface area contributed by atoms with E-state index in [0.29, 0.717) is 6.54 Å². The fraction of sp³-hybridized carbons (Fsp3) is 0.250. The Morgan fingerprint density at radius 1 is 1.03 bits per heavy atom. The number of carbonyl (C=O) groups excluding carboxylic acids is 1. The molecule has 5 heteroatoms. The highest BCUT2D eigenvalue weighted by Gasteiger charge is 2.07. The predicted octanol–water partition coefficient (Wildman–Crippen LogP) is 3.44. The molecule has 1 atom stereocenters. The van der Waals surface area contributed by atoms with Crippen molar-refractivity contribution in [2.24, 2.45) is 0 Å². The number of amides is 1. The lowest BCUT2D eigenvalue weighted by Gasteiger charge is -2.12. The molecule has 3 rings (SSSR count). The van der Waals surface area contributed by atoms with Gasteiger partial charge in [0.2, 0.25) is 5.91 Å². The smallest absolute Gasteiger partial charge is 0.230 e. The molecule has 0 aliphatic rings. The summed E-state index contributed by atoms with van der Waals surface area (Å²) in [6.07, 6.45) is 2.38. The first-order valence-electron chi connectivity index (χ1n) is 9.84. The number of rotatable bonds is 9. The molecular weight excluding hydrogens is 362 g/mol. The molecule has 0 fully saturated rings. The Labute approximate surface area is 171 Å². The third-order valence-corrected chi connectivity index (χ3v) is 4.66. The summed E-state index contributed by atoms with van der Waals surface area (Å²) in [5.41, 5.74) is 4.70. The first kappa shape index (κ1) is 20.7. The zero-order valence-electron chi connectivity index (χ0n) is 16.6.